The Bertz CT molecular complexity index is 1160. The van der Waals surface area contributed by atoms with Crippen LogP contribution in [0, 0.1) is 0 Å². The van der Waals surface area contributed by atoms with Crippen LogP contribution < -0.4 is 4.90 Å². The Morgan fingerprint density at radius 3 is 1.71 bits per heavy atom. The number of hydrogen-bond acceptors (Lipinski definition) is 2. The molecule has 0 aliphatic rings. The van der Waals surface area contributed by atoms with Gasteiger partial charge in [0.05, 0.1) is 0 Å². The number of carbonyl (C=O) groups is 2. The van der Waals surface area contributed by atoms with Gasteiger partial charge in [-0.25, -0.2) is 0 Å². The molecule has 4 heteroatoms. The second-order valence-electron chi connectivity index (χ2n) is 7.06. The van der Waals surface area contributed by atoms with Crippen LogP contribution in [-0.4, -0.2) is 11.7 Å². The van der Waals surface area contributed by atoms with Gasteiger partial charge in [0.25, 0.3) is 5.91 Å². The molecule has 4 aromatic carbocycles. The van der Waals surface area contributed by atoms with Gasteiger partial charge in [0.2, 0.25) is 0 Å². The Hall–Kier alpha value is -3.50. The topological polar surface area (TPSA) is 37.4 Å². The zero-order valence-electron chi connectivity index (χ0n) is 16.7. The summed E-state index contributed by atoms with van der Waals surface area (Å²) in [6, 6.07) is 34.2. The lowest BCUT2D eigenvalue weighted by molar-refractivity contribution is 0.0896. The monoisotopic (exact) mass is 469 g/mol. The third-order valence-electron chi connectivity index (χ3n) is 5.02. The van der Waals surface area contributed by atoms with Crippen LogP contribution in [0.5, 0.6) is 0 Å². The van der Waals surface area contributed by atoms with Crippen LogP contribution in [0.1, 0.15) is 32.3 Å². The number of Topliss-reactive ketones (excluding diaryl/α,β-unsaturated/α-hetero) is 1. The molecule has 1 amide bonds. The first-order chi connectivity index (χ1) is 15.1. The summed E-state index contributed by atoms with van der Waals surface area (Å²) >= 11 is 3.42. The van der Waals surface area contributed by atoms with Crippen molar-refractivity contribution >= 4 is 33.3 Å². The van der Waals surface area contributed by atoms with Gasteiger partial charge in [-0.1, -0.05) is 94.8 Å². The van der Waals surface area contributed by atoms with Gasteiger partial charge >= 0.3 is 0 Å². The molecule has 31 heavy (non-hydrogen) atoms. The number of hydrogen-bond donors (Lipinski definition) is 0. The molecule has 4 rings (SSSR count). The van der Waals surface area contributed by atoms with E-state index in [1.54, 1.807) is 29.2 Å². The normalized spacial score (nSPS) is 11.5. The van der Waals surface area contributed by atoms with Gasteiger partial charge in [-0.05, 0) is 42.0 Å². The zero-order chi connectivity index (χ0) is 21.6. The molecule has 0 saturated heterocycles. The minimum atomic E-state index is -0.804. The van der Waals surface area contributed by atoms with Gasteiger partial charge in [-0.2, -0.15) is 0 Å². The molecule has 1 unspecified atom stereocenters. The second-order valence-corrected chi connectivity index (χ2v) is 7.98. The van der Waals surface area contributed by atoms with Gasteiger partial charge in [-0.3, -0.25) is 14.5 Å². The number of ketones is 1. The number of nitrogens with zero attached hydrogens (tertiary/aromatic N) is 1. The maximum atomic E-state index is 13.8. The molecule has 4 aromatic rings. The van der Waals surface area contributed by atoms with Crippen molar-refractivity contribution in [1.82, 2.24) is 0 Å². The van der Waals surface area contributed by atoms with Crippen LogP contribution in [0.2, 0.25) is 0 Å². The molecule has 0 N–H and O–H groups in total. The van der Waals surface area contributed by atoms with E-state index in [-0.39, 0.29) is 11.7 Å². The molecule has 0 saturated carbocycles. The minimum absolute atomic E-state index is 0.138. The predicted octanol–water partition coefficient (Wildman–Crippen LogP) is 6.72. The third-order valence-corrected chi connectivity index (χ3v) is 5.55. The summed E-state index contributed by atoms with van der Waals surface area (Å²) in [5.41, 5.74) is 2.48. The molecule has 1 atom stereocenters. The van der Waals surface area contributed by atoms with Crippen molar-refractivity contribution in [2.45, 2.75) is 6.04 Å². The molecule has 0 aliphatic heterocycles. The fraction of sp³-hybridized carbons (Fsp3) is 0.0370. The third kappa shape index (κ3) is 4.65. The first kappa shape index (κ1) is 20.8. The van der Waals surface area contributed by atoms with Gasteiger partial charge < -0.3 is 0 Å². The molecule has 0 radical (unpaired) electrons. The molecular weight excluding hydrogens is 450 g/mol. The Balaban J connectivity index is 1.88. The Morgan fingerprint density at radius 2 is 1.13 bits per heavy atom. The van der Waals surface area contributed by atoms with Crippen molar-refractivity contribution in [2.75, 3.05) is 4.90 Å². The van der Waals surface area contributed by atoms with E-state index in [0.29, 0.717) is 16.8 Å². The summed E-state index contributed by atoms with van der Waals surface area (Å²) in [6.07, 6.45) is 0. The van der Waals surface area contributed by atoms with Gasteiger partial charge in [0.15, 0.2) is 5.78 Å². The van der Waals surface area contributed by atoms with Crippen LogP contribution in [0.15, 0.2) is 120 Å². The van der Waals surface area contributed by atoms with Gasteiger partial charge in [-0.15, -0.1) is 0 Å². The number of halogens is 1. The van der Waals surface area contributed by atoms with Gasteiger partial charge in [0, 0.05) is 21.3 Å². The number of carbonyl (C=O) groups excluding carboxylic acids is 2. The van der Waals surface area contributed by atoms with Crippen molar-refractivity contribution in [1.29, 1.82) is 0 Å². The zero-order valence-corrected chi connectivity index (χ0v) is 18.3. The van der Waals surface area contributed by atoms with Crippen molar-refractivity contribution in [3.8, 4) is 0 Å². The van der Waals surface area contributed by atoms with E-state index in [0.717, 1.165) is 10.0 Å². The van der Waals surface area contributed by atoms with Crippen molar-refractivity contribution < 1.29 is 9.59 Å². The molecule has 0 spiro atoms. The van der Waals surface area contributed by atoms with E-state index in [9.17, 15) is 9.59 Å². The van der Waals surface area contributed by atoms with Crippen LogP contribution in [0.25, 0.3) is 0 Å². The summed E-state index contributed by atoms with van der Waals surface area (Å²) in [5, 5.41) is 0. The maximum Gasteiger partial charge on any atom is 0.259 e. The van der Waals surface area contributed by atoms with Crippen molar-refractivity contribution in [3.05, 3.63) is 136 Å². The average molecular weight is 470 g/mol. The largest absolute Gasteiger partial charge is 0.293 e. The Kier molecular flexibility index (Phi) is 6.39. The number of benzene rings is 4. The molecule has 0 heterocycles. The van der Waals surface area contributed by atoms with E-state index in [1.807, 2.05) is 91.0 Å². The lowest BCUT2D eigenvalue weighted by atomic mass is 9.94. The van der Waals surface area contributed by atoms with E-state index < -0.39 is 6.04 Å². The molecule has 0 bridgehead atoms. The van der Waals surface area contributed by atoms with Crippen LogP contribution in [-0.2, 0) is 0 Å². The molecule has 3 nitrogen and oxygen atoms in total. The van der Waals surface area contributed by atoms with E-state index in [2.05, 4.69) is 15.9 Å². The Morgan fingerprint density at radius 1 is 0.613 bits per heavy atom. The summed E-state index contributed by atoms with van der Waals surface area (Å²) in [7, 11) is 0. The standard InChI is InChI=1S/C27H20BrNO2/c28-23-18-16-22(17-19-23)27(31)29(24-14-8-3-9-15-24)25(20-10-4-1-5-11-20)26(30)21-12-6-2-7-13-21/h1-19,25H. The van der Waals surface area contributed by atoms with Crippen molar-refractivity contribution in [3.63, 3.8) is 0 Å². The highest BCUT2D eigenvalue weighted by Crippen LogP contribution is 2.32. The summed E-state index contributed by atoms with van der Waals surface area (Å²) in [4.78, 5) is 29.1. The highest BCUT2D eigenvalue weighted by molar-refractivity contribution is 9.10. The molecule has 152 valence electrons. The fourth-order valence-electron chi connectivity index (χ4n) is 3.52. The van der Waals surface area contributed by atoms with Crippen LogP contribution >= 0.6 is 15.9 Å². The lowest BCUT2D eigenvalue weighted by Crippen LogP contribution is -2.39. The predicted molar refractivity (Wildman–Crippen MR) is 127 cm³/mol. The van der Waals surface area contributed by atoms with Crippen LogP contribution in [0.3, 0.4) is 0 Å². The maximum absolute atomic E-state index is 13.8. The van der Waals surface area contributed by atoms with Gasteiger partial charge in [0.1, 0.15) is 6.04 Å². The Labute approximate surface area is 190 Å². The average Bonchev–Trinajstić information content (AvgIpc) is 2.84. The summed E-state index contributed by atoms with van der Waals surface area (Å²) in [6.45, 7) is 0. The van der Waals surface area contributed by atoms with E-state index in [1.165, 1.54) is 0 Å². The second kappa shape index (κ2) is 9.54. The van der Waals surface area contributed by atoms with E-state index in [4.69, 9.17) is 0 Å². The van der Waals surface area contributed by atoms with E-state index >= 15 is 0 Å². The summed E-state index contributed by atoms with van der Waals surface area (Å²) in [5.74, 6) is -0.377. The highest BCUT2D eigenvalue weighted by atomic mass is 79.9. The molecule has 0 aliphatic carbocycles. The SMILES string of the molecule is O=C(c1ccccc1)C(c1ccccc1)N(C(=O)c1ccc(Br)cc1)c1ccccc1. The number of anilines is 1. The lowest BCUT2D eigenvalue weighted by Gasteiger charge is -2.31. The van der Waals surface area contributed by atoms with Crippen LogP contribution in [0.4, 0.5) is 5.69 Å². The highest BCUT2D eigenvalue weighted by Gasteiger charge is 2.33. The number of amides is 1. The first-order valence-electron chi connectivity index (χ1n) is 9.93. The number of rotatable bonds is 6. The molecule has 0 fully saturated rings. The molecular formula is C27H20BrNO2. The minimum Gasteiger partial charge on any atom is -0.293 e. The smallest absolute Gasteiger partial charge is 0.259 e. The molecule has 0 aromatic heterocycles. The summed E-state index contributed by atoms with van der Waals surface area (Å²) < 4.78 is 0.885. The van der Waals surface area contributed by atoms with Crippen molar-refractivity contribution in [2.24, 2.45) is 0 Å². The first-order valence-corrected chi connectivity index (χ1v) is 10.7. The number of para-hydroxylation sites is 1. The quantitative estimate of drug-likeness (QED) is 0.294. The fourth-order valence-corrected chi connectivity index (χ4v) is 3.78.